The van der Waals surface area contributed by atoms with Crippen LogP contribution in [0.4, 0.5) is 0 Å². The summed E-state index contributed by atoms with van der Waals surface area (Å²) in [7, 11) is 4.35. The summed E-state index contributed by atoms with van der Waals surface area (Å²) < 4.78 is 15.6. The van der Waals surface area contributed by atoms with Gasteiger partial charge in [-0.25, -0.2) is 4.79 Å². The molecule has 0 saturated carbocycles. The van der Waals surface area contributed by atoms with Gasteiger partial charge in [0, 0.05) is 5.56 Å². The Balaban J connectivity index is 3.14. The predicted molar refractivity (Wildman–Crippen MR) is 84.4 cm³/mol. The highest BCUT2D eigenvalue weighted by molar-refractivity contribution is 5.97. The van der Waals surface area contributed by atoms with Gasteiger partial charge in [0.1, 0.15) is 6.04 Å². The van der Waals surface area contributed by atoms with E-state index in [1.165, 1.54) is 33.5 Å². The van der Waals surface area contributed by atoms with E-state index in [4.69, 9.17) is 14.2 Å². The monoisotopic (exact) mass is 325 g/mol. The van der Waals surface area contributed by atoms with Gasteiger partial charge in [0.2, 0.25) is 5.75 Å². The first kappa shape index (κ1) is 18.6. The van der Waals surface area contributed by atoms with Crippen LogP contribution >= 0.6 is 0 Å². The molecule has 2 atom stereocenters. The van der Waals surface area contributed by atoms with Crippen LogP contribution in [0.15, 0.2) is 12.1 Å². The number of carboxylic acids is 1. The van der Waals surface area contributed by atoms with Gasteiger partial charge in [-0.3, -0.25) is 4.79 Å². The molecule has 7 nitrogen and oxygen atoms in total. The van der Waals surface area contributed by atoms with E-state index in [0.29, 0.717) is 23.7 Å². The molecule has 1 aromatic rings. The number of nitrogens with one attached hydrogen (secondary N) is 1. The number of hydrogen-bond acceptors (Lipinski definition) is 5. The normalized spacial score (nSPS) is 12.9. The molecule has 0 unspecified atom stereocenters. The van der Waals surface area contributed by atoms with Gasteiger partial charge in [-0.05, 0) is 18.1 Å². The van der Waals surface area contributed by atoms with E-state index in [9.17, 15) is 14.7 Å². The fourth-order valence-corrected chi connectivity index (χ4v) is 2.12. The molecule has 0 spiro atoms. The quantitative estimate of drug-likeness (QED) is 0.758. The molecule has 128 valence electrons. The van der Waals surface area contributed by atoms with Gasteiger partial charge in [0.05, 0.1) is 21.3 Å². The number of rotatable bonds is 8. The summed E-state index contributed by atoms with van der Waals surface area (Å²) in [5.41, 5.74) is 0.231. The molecule has 0 fully saturated rings. The molecule has 0 heterocycles. The molecular weight excluding hydrogens is 302 g/mol. The first-order chi connectivity index (χ1) is 10.9. The molecule has 0 saturated heterocycles. The van der Waals surface area contributed by atoms with Gasteiger partial charge < -0.3 is 24.6 Å². The fraction of sp³-hybridized carbons (Fsp3) is 0.500. The second-order valence-corrected chi connectivity index (χ2v) is 5.09. The van der Waals surface area contributed by atoms with Gasteiger partial charge in [-0.2, -0.15) is 0 Å². The summed E-state index contributed by atoms with van der Waals surface area (Å²) in [6.45, 7) is 3.64. The summed E-state index contributed by atoms with van der Waals surface area (Å²) in [6.07, 6.45) is 0.631. The third-order valence-electron chi connectivity index (χ3n) is 3.69. The minimum Gasteiger partial charge on any atom is -0.493 e. The number of aliphatic carboxylic acids is 1. The van der Waals surface area contributed by atoms with Crippen molar-refractivity contribution >= 4 is 11.9 Å². The summed E-state index contributed by atoms with van der Waals surface area (Å²) >= 11 is 0. The number of benzene rings is 1. The predicted octanol–water partition coefficient (Wildman–Crippen LogP) is 1.94. The maximum Gasteiger partial charge on any atom is 0.326 e. The lowest BCUT2D eigenvalue weighted by Crippen LogP contribution is -2.45. The minimum atomic E-state index is -1.07. The summed E-state index contributed by atoms with van der Waals surface area (Å²) in [4.78, 5) is 23.7. The topological polar surface area (TPSA) is 94.1 Å². The van der Waals surface area contributed by atoms with Crippen molar-refractivity contribution in [3.8, 4) is 17.2 Å². The van der Waals surface area contributed by atoms with Crippen LogP contribution in [-0.4, -0.2) is 44.4 Å². The smallest absolute Gasteiger partial charge is 0.326 e. The van der Waals surface area contributed by atoms with Crippen LogP contribution in [0, 0.1) is 5.92 Å². The average Bonchev–Trinajstić information content (AvgIpc) is 2.56. The molecule has 1 amide bonds. The van der Waals surface area contributed by atoms with E-state index < -0.39 is 17.9 Å². The molecule has 0 radical (unpaired) electrons. The molecule has 0 aliphatic heterocycles. The Morgan fingerprint density at radius 1 is 1.13 bits per heavy atom. The highest BCUT2D eigenvalue weighted by Gasteiger charge is 2.26. The molecule has 7 heteroatoms. The maximum absolute atomic E-state index is 12.4. The van der Waals surface area contributed by atoms with Gasteiger partial charge in [0.15, 0.2) is 11.5 Å². The van der Waals surface area contributed by atoms with E-state index in [0.717, 1.165) is 0 Å². The van der Waals surface area contributed by atoms with Gasteiger partial charge in [0.25, 0.3) is 5.91 Å². The molecule has 2 N–H and O–H groups in total. The van der Waals surface area contributed by atoms with Gasteiger partial charge >= 0.3 is 5.97 Å². The van der Waals surface area contributed by atoms with Crippen molar-refractivity contribution in [1.82, 2.24) is 5.32 Å². The number of methoxy groups -OCH3 is 3. The molecule has 0 aromatic heterocycles. The lowest BCUT2D eigenvalue weighted by molar-refractivity contribution is -0.140. The molecule has 1 rings (SSSR count). The summed E-state index contributed by atoms with van der Waals surface area (Å²) in [5, 5.41) is 11.8. The zero-order chi connectivity index (χ0) is 17.6. The minimum absolute atomic E-state index is 0.196. The van der Waals surface area contributed by atoms with Crippen LogP contribution in [0.2, 0.25) is 0 Å². The third-order valence-corrected chi connectivity index (χ3v) is 3.69. The first-order valence-electron chi connectivity index (χ1n) is 7.23. The van der Waals surface area contributed by atoms with Gasteiger partial charge in [-0.1, -0.05) is 20.3 Å². The van der Waals surface area contributed by atoms with Crippen LogP contribution in [0.3, 0.4) is 0 Å². The molecular formula is C16H23NO6. The maximum atomic E-state index is 12.4. The van der Waals surface area contributed by atoms with E-state index in [1.54, 1.807) is 6.92 Å². The standard InChI is InChI=1S/C16H23NO6/c1-6-9(2)13(16(19)20)17-15(18)10-7-11(21-3)14(23-5)12(8-10)22-4/h7-9,13H,6H2,1-5H3,(H,17,18)(H,19,20)/t9-,13-/m0/s1. The zero-order valence-corrected chi connectivity index (χ0v) is 14.0. The number of carbonyl (C=O) groups is 2. The Morgan fingerprint density at radius 2 is 1.65 bits per heavy atom. The largest absolute Gasteiger partial charge is 0.493 e. The van der Waals surface area contributed by atoms with E-state index in [-0.39, 0.29) is 11.5 Å². The van der Waals surface area contributed by atoms with Crippen LogP contribution in [-0.2, 0) is 4.79 Å². The van der Waals surface area contributed by atoms with Crippen molar-refractivity contribution in [1.29, 1.82) is 0 Å². The second-order valence-electron chi connectivity index (χ2n) is 5.09. The number of hydrogen-bond donors (Lipinski definition) is 2. The van der Waals surface area contributed by atoms with E-state index >= 15 is 0 Å². The lowest BCUT2D eigenvalue weighted by Gasteiger charge is -2.21. The van der Waals surface area contributed by atoms with Crippen LogP contribution in [0.25, 0.3) is 0 Å². The number of carbonyl (C=O) groups excluding carboxylic acids is 1. The van der Waals surface area contributed by atoms with Crippen LogP contribution in [0.1, 0.15) is 30.6 Å². The molecule has 0 bridgehead atoms. The van der Waals surface area contributed by atoms with Crippen molar-refractivity contribution in [2.24, 2.45) is 5.92 Å². The highest BCUT2D eigenvalue weighted by Crippen LogP contribution is 2.38. The molecule has 23 heavy (non-hydrogen) atoms. The Hall–Kier alpha value is -2.44. The molecule has 0 aliphatic rings. The summed E-state index contributed by atoms with van der Waals surface area (Å²) in [5.74, 6) is -0.765. The van der Waals surface area contributed by atoms with E-state index in [2.05, 4.69) is 5.32 Å². The Bertz CT molecular complexity index is 547. The number of carboxylic acid groups (broad SMARTS) is 1. The SMILES string of the molecule is CC[C@H](C)[C@H](NC(=O)c1cc(OC)c(OC)c(OC)c1)C(=O)O. The van der Waals surface area contributed by atoms with Gasteiger partial charge in [-0.15, -0.1) is 0 Å². The van der Waals surface area contributed by atoms with Crippen molar-refractivity contribution in [3.63, 3.8) is 0 Å². The average molecular weight is 325 g/mol. The molecule has 0 aliphatic carbocycles. The number of ether oxygens (including phenoxy) is 3. The highest BCUT2D eigenvalue weighted by atomic mass is 16.5. The van der Waals surface area contributed by atoms with Crippen LogP contribution < -0.4 is 19.5 Å². The number of amides is 1. The molecule has 1 aromatic carbocycles. The van der Waals surface area contributed by atoms with Crippen molar-refractivity contribution in [2.45, 2.75) is 26.3 Å². The van der Waals surface area contributed by atoms with Crippen LogP contribution in [0.5, 0.6) is 17.2 Å². The summed E-state index contributed by atoms with van der Waals surface area (Å²) in [6, 6.07) is 1.99. The Labute approximate surface area is 135 Å². The lowest BCUT2D eigenvalue weighted by atomic mass is 9.99. The van der Waals surface area contributed by atoms with E-state index in [1.807, 2.05) is 6.92 Å². The third kappa shape index (κ3) is 4.28. The van der Waals surface area contributed by atoms with Crippen molar-refractivity contribution in [3.05, 3.63) is 17.7 Å². The Morgan fingerprint density at radius 3 is 2.00 bits per heavy atom. The van der Waals surface area contributed by atoms with Crippen molar-refractivity contribution < 1.29 is 28.9 Å². The zero-order valence-electron chi connectivity index (χ0n) is 14.0. The second kappa shape index (κ2) is 8.26. The Kier molecular flexibility index (Phi) is 6.68. The first-order valence-corrected chi connectivity index (χ1v) is 7.23. The van der Waals surface area contributed by atoms with Crippen molar-refractivity contribution in [2.75, 3.05) is 21.3 Å². The fourth-order valence-electron chi connectivity index (χ4n) is 2.12.